The lowest BCUT2D eigenvalue weighted by atomic mass is 10.0. The number of hydrogen-bond acceptors (Lipinski definition) is 4. The second-order valence-electron chi connectivity index (χ2n) is 7.80. The third-order valence-electron chi connectivity index (χ3n) is 6.06. The predicted octanol–water partition coefficient (Wildman–Crippen LogP) is 2.98. The van der Waals surface area contributed by atoms with Gasteiger partial charge in [0.05, 0.1) is 10.6 Å². The lowest BCUT2D eigenvalue weighted by Crippen LogP contribution is -2.36. The molecular weight excluding hydrogens is 400 g/mol. The SMILES string of the molecule is CCN(CC)S(=O)(=O)c1ccc2c(c1)CCCN2C(=O)CCc1c(C)nn(C)c1C. The van der Waals surface area contributed by atoms with E-state index in [-0.39, 0.29) is 5.91 Å². The van der Waals surface area contributed by atoms with Crippen LogP contribution in [-0.2, 0) is 34.7 Å². The Bertz CT molecular complexity index is 1040. The van der Waals surface area contributed by atoms with Crippen molar-refractivity contribution in [1.82, 2.24) is 14.1 Å². The first kappa shape index (κ1) is 22.5. The molecule has 0 saturated heterocycles. The fourth-order valence-electron chi connectivity index (χ4n) is 4.25. The highest BCUT2D eigenvalue weighted by molar-refractivity contribution is 7.89. The molecule has 30 heavy (non-hydrogen) atoms. The minimum atomic E-state index is -3.51. The Balaban J connectivity index is 1.81. The third kappa shape index (κ3) is 4.16. The fraction of sp³-hybridized carbons (Fsp3) is 0.545. The smallest absolute Gasteiger partial charge is 0.243 e. The minimum Gasteiger partial charge on any atom is -0.312 e. The molecule has 0 radical (unpaired) electrons. The minimum absolute atomic E-state index is 0.0675. The maximum absolute atomic E-state index is 13.0. The quantitative estimate of drug-likeness (QED) is 0.674. The summed E-state index contributed by atoms with van der Waals surface area (Å²) in [5.41, 5.74) is 4.95. The summed E-state index contributed by atoms with van der Waals surface area (Å²) in [6, 6.07) is 5.18. The van der Waals surface area contributed by atoms with E-state index in [0.717, 1.165) is 41.0 Å². The fourth-order valence-corrected chi connectivity index (χ4v) is 5.76. The number of sulfonamides is 1. The summed E-state index contributed by atoms with van der Waals surface area (Å²) in [5.74, 6) is 0.0675. The molecule has 7 nitrogen and oxygen atoms in total. The highest BCUT2D eigenvalue weighted by atomic mass is 32.2. The van der Waals surface area contributed by atoms with Crippen LogP contribution >= 0.6 is 0 Å². The predicted molar refractivity (Wildman–Crippen MR) is 118 cm³/mol. The van der Waals surface area contributed by atoms with Gasteiger partial charge in [0.2, 0.25) is 15.9 Å². The van der Waals surface area contributed by atoms with Crippen LogP contribution in [0.15, 0.2) is 23.1 Å². The summed E-state index contributed by atoms with van der Waals surface area (Å²) in [6.07, 6.45) is 2.68. The van der Waals surface area contributed by atoms with Gasteiger partial charge in [-0.2, -0.15) is 9.40 Å². The Hall–Kier alpha value is -2.19. The van der Waals surface area contributed by atoms with Gasteiger partial charge in [0.25, 0.3) is 0 Å². The second-order valence-corrected chi connectivity index (χ2v) is 9.74. The molecule has 1 aliphatic heterocycles. The Morgan fingerprint density at radius 1 is 1.20 bits per heavy atom. The highest BCUT2D eigenvalue weighted by Gasteiger charge is 2.27. The molecule has 0 bridgehead atoms. The van der Waals surface area contributed by atoms with Crippen molar-refractivity contribution >= 4 is 21.6 Å². The molecule has 1 aliphatic rings. The van der Waals surface area contributed by atoms with Crippen LogP contribution < -0.4 is 4.90 Å². The number of carbonyl (C=O) groups is 1. The van der Waals surface area contributed by atoms with Crippen molar-refractivity contribution < 1.29 is 13.2 Å². The van der Waals surface area contributed by atoms with Crippen LogP contribution in [0, 0.1) is 13.8 Å². The lowest BCUT2D eigenvalue weighted by Gasteiger charge is -2.30. The summed E-state index contributed by atoms with van der Waals surface area (Å²) in [7, 11) is -1.59. The number of rotatable bonds is 7. The molecule has 0 N–H and O–H groups in total. The van der Waals surface area contributed by atoms with E-state index in [1.165, 1.54) is 4.31 Å². The number of nitrogens with zero attached hydrogens (tertiary/aromatic N) is 4. The van der Waals surface area contributed by atoms with Crippen LogP contribution in [0.2, 0.25) is 0 Å². The number of benzene rings is 1. The number of aromatic nitrogens is 2. The van der Waals surface area contributed by atoms with E-state index in [2.05, 4.69) is 5.10 Å². The van der Waals surface area contributed by atoms with Crippen molar-refractivity contribution in [1.29, 1.82) is 0 Å². The molecule has 1 aromatic carbocycles. The standard InChI is InChI=1S/C22H32N4O3S/c1-6-25(7-2)30(28,29)19-10-12-21-18(15-19)9-8-14-26(21)22(27)13-11-20-16(3)23-24(5)17(20)4/h10,12,15H,6-9,11,13-14H2,1-5H3. The molecule has 164 valence electrons. The Morgan fingerprint density at radius 2 is 1.90 bits per heavy atom. The van der Waals surface area contributed by atoms with Gasteiger partial charge in [0.1, 0.15) is 0 Å². The number of carbonyl (C=O) groups excluding carboxylic acids is 1. The van der Waals surface area contributed by atoms with Crippen molar-refractivity contribution in [3.05, 3.63) is 40.7 Å². The summed E-state index contributed by atoms with van der Waals surface area (Å²) < 4.78 is 29.0. The van der Waals surface area contributed by atoms with Gasteiger partial charge in [-0.3, -0.25) is 9.48 Å². The summed E-state index contributed by atoms with van der Waals surface area (Å²) in [4.78, 5) is 15.1. The van der Waals surface area contributed by atoms with Gasteiger partial charge in [0.15, 0.2) is 0 Å². The third-order valence-corrected chi connectivity index (χ3v) is 8.11. The normalized spacial score (nSPS) is 14.3. The average molecular weight is 433 g/mol. The molecule has 2 heterocycles. The van der Waals surface area contributed by atoms with E-state index in [4.69, 9.17) is 0 Å². The first-order valence-electron chi connectivity index (χ1n) is 10.6. The van der Waals surface area contributed by atoms with Gasteiger partial charge >= 0.3 is 0 Å². The molecule has 0 atom stereocenters. The van der Waals surface area contributed by atoms with Gasteiger partial charge < -0.3 is 4.90 Å². The van der Waals surface area contributed by atoms with E-state index in [9.17, 15) is 13.2 Å². The lowest BCUT2D eigenvalue weighted by molar-refractivity contribution is -0.118. The Morgan fingerprint density at radius 3 is 2.50 bits per heavy atom. The maximum atomic E-state index is 13.0. The largest absolute Gasteiger partial charge is 0.312 e. The van der Waals surface area contributed by atoms with E-state index < -0.39 is 10.0 Å². The van der Waals surface area contributed by atoms with Crippen LogP contribution in [-0.4, -0.2) is 48.0 Å². The van der Waals surface area contributed by atoms with Gasteiger partial charge in [-0.1, -0.05) is 13.8 Å². The molecule has 0 aliphatic carbocycles. The molecule has 0 fully saturated rings. The highest BCUT2D eigenvalue weighted by Crippen LogP contribution is 2.31. The molecule has 8 heteroatoms. The average Bonchev–Trinajstić information content (AvgIpc) is 2.97. The number of hydrogen-bond donors (Lipinski definition) is 0. The van der Waals surface area contributed by atoms with Crippen LogP contribution in [0.25, 0.3) is 0 Å². The van der Waals surface area contributed by atoms with Crippen LogP contribution in [0.5, 0.6) is 0 Å². The Labute approximate surface area is 179 Å². The first-order chi connectivity index (χ1) is 14.2. The van der Waals surface area contributed by atoms with Crippen LogP contribution in [0.1, 0.15) is 49.2 Å². The van der Waals surface area contributed by atoms with Crippen molar-refractivity contribution in [3.63, 3.8) is 0 Å². The summed E-state index contributed by atoms with van der Waals surface area (Å²) in [6.45, 7) is 9.21. The van der Waals surface area contributed by atoms with Crippen molar-refractivity contribution in [2.75, 3.05) is 24.5 Å². The summed E-state index contributed by atoms with van der Waals surface area (Å²) >= 11 is 0. The van der Waals surface area contributed by atoms with Gasteiger partial charge in [0, 0.05) is 44.5 Å². The van der Waals surface area contributed by atoms with E-state index in [0.29, 0.717) is 37.4 Å². The molecule has 0 spiro atoms. The van der Waals surface area contributed by atoms with Crippen molar-refractivity contribution in [2.45, 2.75) is 58.3 Å². The van der Waals surface area contributed by atoms with Gasteiger partial charge in [-0.15, -0.1) is 0 Å². The molecule has 0 saturated carbocycles. The topological polar surface area (TPSA) is 75.5 Å². The zero-order valence-electron chi connectivity index (χ0n) is 18.6. The molecule has 3 rings (SSSR count). The first-order valence-corrected chi connectivity index (χ1v) is 12.1. The second kappa shape index (κ2) is 8.89. The number of anilines is 1. The number of amides is 1. The number of aryl methyl sites for hydroxylation is 3. The van der Waals surface area contributed by atoms with E-state index in [1.54, 1.807) is 18.2 Å². The molecule has 2 aromatic rings. The van der Waals surface area contributed by atoms with Crippen LogP contribution in [0.4, 0.5) is 5.69 Å². The molecular formula is C22H32N4O3S. The van der Waals surface area contributed by atoms with Crippen molar-refractivity contribution in [3.8, 4) is 0 Å². The van der Waals surface area contributed by atoms with E-state index in [1.807, 2.05) is 44.3 Å². The molecule has 1 amide bonds. The summed E-state index contributed by atoms with van der Waals surface area (Å²) in [5, 5.41) is 4.43. The van der Waals surface area contributed by atoms with E-state index >= 15 is 0 Å². The maximum Gasteiger partial charge on any atom is 0.243 e. The van der Waals surface area contributed by atoms with Gasteiger partial charge in [-0.05, 0) is 62.4 Å². The monoisotopic (exact) mass is 432 g/mol. The zero-order chi connectivity index (χ0) is 22.1. The van der Waals surface area contributed by atoms with Crippen molar-refractivity contribution in [2.24, 2.45) is 7.05 Å². The van der Waals surface area contributed by atoms with Crippen LogP contribution in [0.3, 0.4) is 0 Å². The molecule has 1 aromatic heterocycles. The Kier molecular flexibility index (Phi) is 6.67. The number of fused-ring (bicyclic) bond motifs is 1. The molecule has 0 unspecified atom stereocenters. The zero-order valence-corrected chi connectivity index (χ0v) is 19.4. The van der Waals surface area contributed by atoms with Gasteiger partial charge in [-0.25, -0.2) is 8.42 Å².